The Bertz CT molecular complexity index is 279. The van der Waals surface area contributed by atoms with Crippen LogP contribution in [0.2, 0.25) is 0 Å². The summed E-state index contributed by atoms with van der Waals surface area (Å²) in [6.07, 6.45) is 1.71. The normalized spacial score (nSPS) is 9.50. The smallest absolute Gasteiger partial charge is 0.131 e. The highest BCUT2D eigenvalue weighted by Gasteiger charge is 2.04. The molecule has 1 aromatic rings. The van der Waals surface area contributed by atoms with Crippen LogP contribution in [-0.4, -0.2) is 12.2 Å². The van der Waals surface area contributed by atoms with Crippen molar-refractivity contribution in [1.29, 1.82) is 0 Å². The van der Waals surface area contributed by atoms with Crippen molar-refractivity contribution in [3.8, 4) is 5.75 Å². The molecule has 0 spiro atoms. The lowest BCUT2D eigenvalue weighted by molar-refractivity contribution is 0.273. The van der Waals surface area contributed by atoms with E-state index in [1.54, 1.807) is 13.2 Å². The van der Waals surface area contributed by atoms with Crippen molar-refractivity contribution >= 4 is 6.08 Å². The van der Waals surface area contributed by atoms with Crippen LogP contribution < -0.4 is 4.74 Å². The minimum Gasteiger partial charge on any atom is -0.496 e. The zero-order valence-corrected chi connectivity index (χ0v) is 7.08. The maximum absolute atomic E-state index is 8.96. The number of aliphatic hydroxyl groups is 1. The number of ether oxygens (including phenoxy) is 1. The quantitative estimate of drug-likeness (QED) is 0.738. The van der Waals surface area contributed by atoms with Gasteiger partial charge in [0.05, 0.1) is 13.7 Å². The van der Waals surface area contributed by atoms with Gasteiger partial charge in [-0.2, -0.15) is 0 Å². The van der Waals surface area contributed by atoms with Crippen LogP contribution in [0.15, 0.2) is 24.8 Å². The summed E-state index contributed by atoms with van der Waals surface area (Å²) in [5, 5.41) is 8.96. The lowest BCUT2D eigenvalue weighted by Crippen LogP contribution is -1.93. The molecule has 1 rings (SSSR count). The fraction of sp³-hybridized carbons (Fsp3) is 0.200. The van der Waals surface area contributed by atoms with E-state index in [-0.39, 0.29) is 6.61 Å². The van der Waals surface area contributed by atoms with E-state index in [1.807, 2.05) is 18.2 Å². The number of rotatable bonds is 3. The molecule has 0 radical (unpaired) electrons. The molecule has 0 aromatic heterocycles. The van der Waals surface area contributed by atoms with Crippen molar-refractivity contribution in [2.75, 3.05) is 7.11 Å². The molecule has 0 bridgehead atoms. The summed E-state index contributed by atoms with van der Waals surface area (Å²) in [7, 11) is 1.58. The Morgan fingerprint density at radius 2 is 2.33 bits per heavy atom. The van der Waals surface area contributed by atoms with Gasteiger partial charge in [0.1, 0.15) is 5.75 Å². The van der Waals surface area contributed by atoms with Gasteiger partial charge in [0.2, 0.25) is 0 Å². The SMILES string of the molecule is C=Cc1cccc(CO)c1OC. The van der Waals surface area contributed by atoms with Crippen molar-refractivity contribution in [3.05, 3.63) is 35.9 Å². The van der Waals surface area contributed by atoms with Gasteiger partial charge in [-0.25, -0.2) is 0 Å². The highest BCUT2D eigenvalue weighted by atomic mass is 16.5. The molecule has 0 aliphatic carbocycles. The lowest BCUT2D eigenvalue weighted by Gasteiger charge is -2.08. The van der Waals surface area contributed by atoms with E-state index in [2.05, 4.69) is 6.58 Å². The molecule has 0 aliphatic rings. The fourth-order valence-electron chi connectivity index (χ4n) is 1.14. The van der Waals surface area contributed by atoms with E-state index >= 15 is 0 Å². The van der Waals surface area contributed by atoms with Crippen molar-refractivity contribution in [2.45, 2.75) is 6.61 Å². The van der Waals surface area contributed by atoms with Crippen molar-refractivity contribution in [3.63, 3.8) is 0 Å². The Balaban J connectivity index is 3.21. The molecule has 0 saturated carbocycles. The van der Waals surface area contributed by atoms with Crippen LogP contribution in [0.5, 0.6) is 5.75 Å². The van der Waals surface area contributed by atoms with E-state index in [1.165, 1.54) is 0 Å². The second kappa shape index (κ2) is 3.93. The molecule has 0 aliphatic heterocycles. The van der Waals surface area contributed by atoms with Gasteiger partial charge in [0.25, 0.3) is 0 Å². The van der Waals surface area contributed by atoms with Gasteiger partial charge >= 0.3 is 0 Å². The predicted molar refractivity (Wildman–Crippen MR) is 49.0 cm³/mol. The molecule has 0 atom stereocenters. The van der Waals surface area contributed by atoms with E-state index in [9.17, 15) is 0 Å². The third kappa shape index (κ3) is 1.48. The standard InChI is InChI=1S/C10H12O2/c1-3-8-5-4-6-9(7-11)10(8)12-2/h3-6,11H,1,7H2,2H3. The molecule has 0 saturated heterocycles. The third-order valence-corrected chi connectivity index (χ3v) is 1.72. The summed E-state index contributed by atoms with van der Waals surface area (Å²) in [6.45, 7) is 3.64. The second-order valence-corrected chi connectivity index (χ2v) is 2.40. The predicted octanol–water partition coefficient (Wildman–Crippen LogP) is 1.83. The van der Waals surface area contributed by atoms with Gasteiger partial charge in [-0.1, -0.05) is 30.9 Å². The maximum Gasteiger partial charge on any atom is 0.131 e. The average molecular weight is 164 g/mol. The highest BCUT2D eigenvalue weighted by Crippen LogP contribution is 2.24. The molecule has 0 unspecified atom stereocenters. The van der Waals surface area contributed by atoms with Gasteiger partial charge in [0, 0.05) is 11.1 Å². The Labute approximate surface area is 72.1 Å². The van der Waals surface area contributed by atoms with E-state index < -0.39 is 0 Å². The molecule has 12 heavy (non-hydrogen) atoms. The molecule has 64 valence electrons. The molecule has 2 heteroatoms. The Morgan fingerprint density at radius 3 is 2.83 bits per heavy atom. The first-order chi connectivity index (χ1) is 5.83. The highest BCUT2D eigenvalue weighted by molar-refractivity contribution is 5.58. The van der Waals surface area contributed by atoms with Crippen molar-refractivity contribution < 1.29 is 9.84 Å². The van der Waals surface area contributed by atoms with Gasteiger partial charge in [-0.3, -0.25) is 0 Å². The van der Waals surface area contributed by atoms with Crippen LogP contribution in [0.1, 0.15) is 11.1 Å². The van der Waals surface area contributed by atoms with Gasteiger partial charge in [-0.05, 0) is 0 Å². The summed E-state index contributed by atoms with van der Waals surface area (Å²) in [6, 6.07) is 5.59. The summed E-state index contributed by atoms with van der Waals surface area (Å²) in [5.41, 5.74) is 1.69. The van der Waals surface area contributed by atoms with Crippen LogP contribution >= 0.6 is 0 Å². The Kier molecular flexibility index (Phi) is 2.88. The Hall–Kier alpha value is -1.28. The topological polar surface area (TPSA) is 29.5 Å². The number of hydrogen-bond acceptors (Lipinski definition) is 2. The minimum atomic E-state index is -0.00907. The molecule has 1 N–H and O–H groups in total. The monoisotopic (exact) mass is 164 g/mol. The number of aliphatic hydroxyl groups excluding tert-OH is 1. The van der Waals surface area contributed by atoms with E-state index in [0.717, 1.165) is 11.1 Å². The molecule has 1 aromatic carbocycles. The maximum atomic E-state index is 8.96. The summed E-state index contributed by atoms with van der Waals surface area (Å²) >= 11 is 0. The number of benzene rings is 1. The molecule has 0 fully saturated rings. The zero-order chi connectivity index (χ0) is 8.97. The van der Waals surface area contributed by atoms with Crippen LogP contribution in [0.25, 0.3) is 6.08 Å². The second-order valence-electron chi connectivity index (χ2n) is 2.40. The first-order valence-electron chi connectivity index (χ1n) is 3.72. The molecular formula is C10H12O2. The van der Waals surface area contributed by atoms with Gasteiger partial charge in [0.15, 0.2) is 0 Å². The molecular weight excluding hydrogens is 152 g/mol. The largest absolute Gasteiger partial charge is 0.496 e. The number of para-hydroxylation sites is 1. The fourth-order valence-corrected chi connectivity index (χ4v) is 1.14. The van der Waals surface area contributed by atoms with Crippen LogP contribution in [-0.2, 0) is 6.61 Å². The van der Waals surface area contributed by atoms with Crippen molar-refractivity contribution in [1.82, 2.24) is 0 Å². The minimum absolute atomic E-state index is 0.00907. The number of methoxy groups -OCH3 is 1. The first kappa shape index (κ1) is 8.81. The van der Waals surface area contributed by atoms with Crippen LogP contribution in [0, 0.1) is 0 Å². The molecule has 0 amide bonds. The van der Waals surface area contributed by atoms with Crippen molar-refractivity contribution in [2.24, 2.45) is 0 Å². The third-order valence-electron chi connectivity index (χ3n) is 1.72. The summed E-state index contributed by atoms with van der Waals surface area (Å²) in [5.74, 6) is 0.704. The molecule has 0 heterocycles. The number of hydrogen-bond donors (Lipinski definition) is 1. The first-order valence-corrected chi connectivity index (χ1v) is 3.72. The molecule has 2 nitrogen and oxygen atoms in total. The van der Waals surface area contributed by atoms with Crippen LogP contribution in [0.3, 0.4) is 0 Å². The van der Waals surface area contributed by atoms with Gasteiger partial charge < -0.3 is 9.84 Å². The summed E-state index contributed by atoms with van der Waals surface area (Å²) < 4.78 is 5.13. The van der Waals surface area contributed by atoms with Crippen LogP contribution in [0.4, 0.5) is 0 Å². The van der Waals surface area contributed by atoms with E-state index in [0.29, 0.717) is 5.75 Å². The zero-order valence-electron chi connectivity index (χ0n) is 7.08. The lowest BCUT2D eigenvalue weighted by atomic mass is 10.1. The average Bonchev–Trinajstić information content (AvgIpc) is 2.16. The van der Waals surface area contributed by atoms with Gasteiger partial charge in [-0.15, -0.1) is 0 Å². The van der Waals surface area contributed by atoms with E-state index in [4.69, 9.17) is 9.84 Å². The Morgan fingerprint density at radius 1 is 1.58 bits per heavy atom. The summed E-state index contributed by atoms with van der Waals surface area (Å²) in [4.78, 5) is 0.